The number of thioether (sulfide) groups is 1. The second-order valence-electron chi connectivity index (χ2n) is 4.78. The lowest BCUT2D eigenvalue weighted by Crippen LogP contribution is -2.38. The lowest BCUT2D eigenvalue weighted by Gasteiger charge is -2.37. The summed E-state index contributed by atoms with van der Waals surface area (Å²) in [6.45, 7) is 0.912. The molecule has 1 aliphatic heterocycles. The highest BCUT2D eigenvalue weighted by atomic mass is 32.2. The minimum atomic E-state index is 0.208. The lowest BCUT2D eigenvalue weighted by atomic mass is 9.92. The largest absolute Gasteiger partial charge is 0.375 e. The van der Waals surface area contributed by atoms with Gasteiger partial charge in [0.1, 0.15) is 5.03 Å². The third kappa shape index (κ3) is 2.11. The van der Waals surface area contributed by atoms with Crippen LogP contribution in [0.4, 0.5) is 0 Å². The van der Waals surface area contributed by atoms with Gasteiger partial charge in [-0.1, -0.05) is 24.6 Å². The molecule has 16 heavy (non-hydrogen) atoms. The summed E-state index contributed by atoms with van der Waals surface area (Å²) in [6.07, 6.45) is 9.31. The standard InChI is InChI=1S/C11H17N3OS/c1-2-5-11(4-1)7-9(3-6-15-11)16-10-8-12-14-13-10/h8-9H,1-7H2,(H,12,13,14)/t9-/m1/s1. The monoisotopic (exact) mass is 239 g/mol. The van der Waals surface area contributed by atoms with Crippen molar-refractivity contribution in [2.75, 3.05) is 6.61 Å². The minimum absolute atomic E-state index is 0.208. The highest BCUT2D eigenvalue weighted by Crippen LogP contribution is 2.43. The molecule has 5 heteroatoms. The summed E-state index contributed by atoms with van der Waals surface area (Å²) in [5.74, 6) is 0. The van der Waals surface area contributed by atoms with Crippen LogP contribution in [0.2, 0.25) is 0 Å². The Hall–Kier alpha value is -0.550. The molecule has 4 nitrogen and oxygen atoms in total. The minimum Gasteiger partial charge on any atom is -0.375 e. The van der Waals surface area contributed by atoms with Crippen LogP contribution in [0.3, 0.4) is 0 Å². The Labute approximate surface area is 99.5 Å². The zero-order valence-electron chi connectivity index (χ0n) is 9.32. The molecule has 0 unspecified atom stereocenters. The molecule has 2 fully saturated rings. The molecule has 1 saturated heterocycles. The number of aromatic nitrogens is 3. The van der Waals surface area contributed by atoms with Crippen molar-refractivity contribution in [2.45, 2.75) is 54.4 Å². The molecular weight excluding hydrogens is 222 g/mol. The summed E-state index contributed by atoms with van der Waals surface area (Å²) in [4.78, 5) is 0. The van der Waals surface area contributed by atoms with Crippen LogP contribution in [-0.4, -0.2) is 32.9 Å². The van der Waals surface area contributed by atoms with E-state index in [-0.39, 0.29) is 5.60 Å². The molecule has 1 aromatic rings. The molecule has 1 N–H and O–H groups in total. The van der Waals surface area contributed by atoms with Gasteiger partial charge in [0.05, 0.1) is 11.8 Å². The van der Waals surface area contributed by atoms with Crippen LogP contribution in [0.15, 0.2) is 11.2 Å². The van der Waals surface area contributed by atoms with Gasteiger partial charge >= 0.3 is 0 Å². The first kappa shape index (κ1) is 10.6. The molecule has 1 saturated carbocycles. The number of aromatic amines is 1. The van der Waals surface area contributed by atoms with E-state index in [9.17, 15) is 0 Å². The van der Waals surface area contributed by atoms with Gasteiger partial charge in [-0.05, 0) is 25.7 Å². The quantitative estimate of drug-likeness (QED) is 0.861. The fourth-order valence-electron chi connectivity index (χ4n) is 2.87. The third-order valence-electron chi connectivity index (χ3n) is 3.64. The van der Waals surface area contributed by atoms with E-state index in [4.69, 9.17) is 4.74 Å². The van der Waals surface area contributed by atoms with Crippen molar-refractivity contribution in [3.8, 4) is 0 Å². The number of H-pyrrole nitrogens is 1. The van der Waals surface area contributed by atoms with Crippen molar-refractivity contribution in [2.24, 2.45) is 0 Å². The van der Waals surface area contributed by atoms with Crippen molar-refractivity contribution in [3.05, 3.63) is 6.20 Å². The molecule has 0 amide bonds. The van der Waals surface area contributed by atoms with E-state index in [1.165, 1.54) is 32.1 Å². The van der Waals surface area contributed by atoms with Gasteiger partial charge in [-0.15, -0.1) is 5.10 Å². The Balaban J connectivity index is 1.63. The number of hydrogen-bond donors (Lipinski definition) is 1. The maximum Gasteiger partial charge on any atom is 0.138 e. The number of ether oxygens (including phenoxy) is 1. The van der Waals surface area contributed by atoms with Crippen molar-refractivity contribution in [3.63, 3.8) is 0 Å². The predicted octanol–water partition coefficient (Wildman–Crippen LogP) is 2.39. The zero-order valence-corrected chi connectivity index (χ0v) is 10.1. The predicted molar refractivity (Wildman–Crippen MR) is 62.4 cm³/mol. The molecule has 2 aliphatic rings. The van der Waals surface area contributed by atoms with Crippen LogP contribution in [0.1, 0.15) is 38.5 Å². The van der Waals surface area contributed by atoms with Crippen molar-refractivity contribution in [1.29, 1.82) is 0 Å². The Morgan fingerprint density at radius 1 is 1.44 bits per heavy atom. The Morgan fingerprint density at radius 2 is 2.31 bits per heavy atom. The van der Waals surface area contributed by atoms with Gasteiger partial charge < -0.3 is 4.74 Å². The highest BCUT2D eigenvalue weighted by molar-refractivity contribution is 7.99. The summed E-state index contributed by atoms with van der Waals surface area (Å²) in [7, 11) is 0. The molecule has 1 aliphatic carbocycles. The summed E-state index contributed by atoms with van der Waals surface area (Å²) in [5.41, 5.74) is 0.208. The fraction of sp³-hybridized carbons (Fsp3) is 0.818. The van der Waals surface area contributed by atoms with Gasteiger partial charge in [0, 0.05) is 11.9 Å². The summed E-state index contributed by atoms with van der Waals surface area (Å²) in [5, 5.41) is 12.3. The SMILES string of the molecule is c1n[nH]nc1S[C@@H]1CCOC2(CCCC2)C1. The van der Waals surface area contributed by atoms with Gasteiger partial charge in [-0.2, -0.15) is 10.3 Å². The van der Waals surface area contributed by atoms with Crippen LogP contribution in [0.5, 0.6) is 0 Å². The van der Waals surface area contributed by atoms with E-state index in [1.807, 2.05) is 11.8 Å². The summed E-state index contributed by atoms with van der Waals surface area (Å²) in [6, 6.07) is 0. The Morgan fingerprint density at radius 3 is 3.06 bits per heavy atom. The van der Waals surface area contributed by atoms with Gasteiger partial charge in [0.2, 0.25) is 0 Å². The van der Waals surface area contributed by atoms with Crippen LogP contribution in [-0.2, 0) is 4.74 Å². The second-order valence-corrected chi connectivity index (χ2v) is 6.10. The first-order valence-electron chi connectivity index (χ1n) is 6.03. The Kier molecular flexibility index (Phi) is 2.90. The number of hydrogen-bond acceptors (Lipinski definition) is 4. The van der Waals surface area contributed by atoms with Crippen LogP contribution in [0.25, 0.3) is 0 Å². The van der Waals surface area contributed by atoms with Crippen molar-refractivity contribution < 1.29 is 4.74 Å². The summed E-state index contributed by atoms with van der Waals surface area (Å²) >= 11 is 1.85. The average Bonchev–Trinajstić information content (AvgIpc) is 2.91. The molecule has 3 rings (SSSR count). The molecule has 1 atom stereocenters. The van der Waals surface area contributed by atoms with Gasteiger partial charge in [-0.25, -0.2) is 0 Å². The van der Waals surface area contributed by atoms with E-state index in [1.54, 1.807) is 6.20 Å². The first-order valence-corrected chi connectivity index (χ1v) is 6.91. The Bertz CT molecular complexity index is 335. The maximum absolute atomic E-state index is 6.02. The fourth-order valence-corrected chi connectivity index (χ4v) is 4.02. The maximum atomic E-state index is 6.02. The average molecular weight is 239 g/mol. The van der Waals surface area contributed by atoms with Gasteiger partial charge in [0.15, 0.2) is 0 Å². The molecule has 88 valence electrons. The smallest absolute Gasteiger partial charge is 0.138 e. The van der Waals surface area contributed by atoms with E-state index >= 15 is 0 Å². The van der Waals surface area contributed by atoms with Crippen molar-refractivity contribution in [1.82, 2.24) is 15.4 Å². The number of nitrogens with one attached hydrogen (secondary N) is 1. The molecule has 1 aromatic heterocycles. The topological polar surface area (TPSA) is 50.8 Å². The third-order valence-corrected chi connectivity index (χ3v) is 4.82. The lowest BCUT2D eigenvalue weighted by molar-refractivity contribution is -0.0704. The van der Waals surface area contributed by atoms with E-state index in [0.29, 0.717) is 5.25 Å². The zero-order chi connectivity index (χ0) is 10.8. The van der Waals surface area contributed by atoms with E-state index in [0.717, 1.165) is 18.1 Å². The molecule has 0 aromatic carbocycles. The molecule has 2 heterocycles. The molecule has 1 spiro atoms. The molecule has 0 radical (unpaired) electrons. The molecule has 0 bridgehead atoms. The van der Waals surface area contributed by atoms with Crippen molar-refractivity contribution >= 4 is 11.8 Å². The molecular formula is C11H17N3OS. The number of rotatable bonds is 2. The van der Waals surface area contributed by atoms with E-state index in [2.05, 4.69) is 15.4 Å². The highest BCUT2D eigenvalue weighted by Gasteiger charge is 2.40. The normalized spacial score (nSPS) is 28.6. The van der Waals surface area contributed by atoms with Gasteiger partial charge in [0.25, 0.3) is 0 Å². The van der Waals surface area contributed by atoms with Crippen LogP contribution in [0, 0.1) is 0 Å². The van der Waals surface area contributed by atoms with Crippen LogP contribution < -0.4 is 0 Å². The van der Waals surface area contributed by atoms with Gasteiger partial charge in [-0.3, -0.25) is 0 Å². The van der Waals surface area contributed by atoms with E-state index < -0.39 is 0 Å². The summed E-state index contributed by atoms with van der Waals surface area (Å²) < 4.78 is 6.02. The number of nitrogens with zero attached hydrogens (tertiary/aromatic N) is 2. The second kappa shape index (κ2) is 4.37. The first-order chi connectivity index (χ1) is 7.86. The van der Waals surface area contributed by atoms with Crippen LogP contribution >= 0.6 is 11.8 Å².